The number of carbonyl (C=O) groups is 1. The van der Waals surface area contributed by atoms with Crippen molar-refractivity contribution in [2.75, 3.05) is 7.11 Å². The predicted octanol–water partition coefficient (Wildman–Crippen LogP) is 3.47. The molecule has 2 aromatic carbocycles. The molecule has 2 aromatic rings. The molecule has 0 spiro atoms. The van der Waals surface area contributed by atoms with Crippen LogP contribution < -0.4 is 5.73 Å². The molecular weight excluding hydrogens is 286 g/mol. The van der Waals surface area contributed by atoms with E-state index in [1.54, 1.807) is 19.2 Å². The van der Waals surface area contributed by atoms with E-state index in [0.29, 0.717) is 5.02 Å². The molecule has 0 fully saturated rings. The number of halogens is 1. The number of nitrogens with two attached hydrogens (primary N) is 1. The first-order valence-electron chi connectivity index (χ1n) is 6.64. The maximum absolute atomic E-state index is 12.1. The van der Waals surface area contributed by atoms with Crippen LogP contribution in [-0.2, 0) is 15.1 Å². The number of primary amides is 1. The van der Waals surface area contributed by atoms with Gasteiger partial charge in [-0.1, -0.05) is 54.1 Å². The summed E-state index contributed by atoms with van der Waals surface area (Å²) < 4.78 is 5.70. The lowest BCUT2D eigenvalue weighted by Gasteiger charge is -2.35. The molecule has 3 nitrogen and oxygen atoms in total. The van der Waals surface area contributed by atoms with Gasteiger partial charge in [-0.2, -0.15) is 0 Å². The molecule has 2 rings (SSSR count). The smallest absolute Gasteiger partial charge is 0.228 e. The molecular formula is C17H18ClNO2. The fourth-order valence-corrected chi connectivity index (χ4v) is 2.71. The predicted molar refractivity (Wildman–Crippen MR) is 84.2 cm³/mol. The number of amides is 1. The molecule has 0 aromatic heterocycles. The molecule has 0 heterocycles. The van der Waals surface area contributed by atoms with E-state index in [0.717, 1.165) is 11.1 Å². The number of hydrogen-bond acceptors (Lipinski definition) is 2. The standard InChI is InChI=1S/C17H18ClNO2/c1-17(21-2,13-8-10-14(18)11-9-13)15(16(19)20)12-6-4-3-5-7-12/h3-11,15H,1-2H3,(H2,19,20). The molecule has 21 heavy (non-hydrogen) atoms. The first-order chi connectivity index (χ1) is 9.99. The lowest BCUT2D eigenvalue weighted by atomic mass is 9.78. The van der Waals surface area contributed by atoms with Gasteiger partial charge in [0.1, 0.15) is 5.60 Å². The molecule has 0 radical (unpaired) electrons. The summed E-state index contributed by atoms with van der Waals surface area (Å²) in [5, 5.41) is 0.632. The van der Waals surface area contributed by atoms with Crippen molar-refractivity contribution < 1.29 is 9.53 Å². The summed E-state index contributed by atoms with van der Waals surface area (Å²) in [4.78, 5) is 12.1. The highest BCUT2D eigenvalue weighted by atomic mass is 35.5. The Labute approximate surface area is 129 Å². The van der Waals surface area contributed by atoms with Crippen molar-refractivity contribution in [3.63, 3.8) is 0 Å². The van der Waals surface area contributed by atoms with Crippen LogP contribution in [0.1, 0.15) is 24.0 Å². The van der Waals surface area contributed by atoms with Gasteiger partial charge in [0.2, 0.25) is 5.91 Å². The van der Waals surface area contributed by atoms with Crippen molar-refractivity contribution in [3.05, 3.63) is 70.7 Å². The van der Waals surface area contributed by atoms with Crippen molar-refractivity contribution in [1.29, 1.82) is 0 Å². The topological polar surface area (TPSA) is 52.3 Å². The van der Waals surface area contributed by atoms with Crippen LogP contribution in [0.15, 0.2) is 54.6 Å². The summed E-state index contributed by atoms with van der Waals surface area (Å²) >= 11 is 5.93. The number of benzene rings is 2. The van der Waals surface area contributed by atoms with Gasteiger partial charge in [-0.15, -0.1) is 0 Å². The van der Waals surface area contributed by atoms with Gasteiger partial charge in [-0.05, 0) is 30.2 Å². The highest BCUT2D eigenvalue weighted by molar-refractivity contribution is 6.30. The molecule has 110 valence electrons. The Bertz CT molecular complexity index is 612. The number of hydrogen-bond donors (Lipinski definition) is 1. The number of ether oxygens (including phenoxy) is 1. The van der Waals surface area contributed by atoms with Crippen LogP contribution in [0, 0.1) is 0 Å². The summed E-state index contributed by atoms with van der Waals surface area (Å²) in [5.41, 5.74) is 6.46. The number of carbonyl (C=O) groups excluding carboxylic acids is 1. The second-order valence-corrected chi connectivity index (χ2v) is 5.50. The Morgan fingerprint density at radius 1 is 1.14 bits per heavy atom. The Morgan fingerprint density at radius 2 is 1.71 bits per heavy atom. The molecule has 0 aliphatic rings. The molecule has 1 amide bonds. The molecule has 0 aliphatic heterocycles. The number of rotatable bonds is 5. The van der Waals surface area contributed by atoms with E-state index in [1.807, 2.05) is 49.4 Å². The van der Waals surface area contributed by atoms with Gasteiger partial charge in [0.15, 0.2) is 0 Å². The van der Waals surface area contributed by atoms with E-state index in [4.69, 9.17) is 22.1 Å². The van der Waals surface area contributed by atoms with Gasteiger partial charge in [0, 0.05) is 12.1 Å². The van der Waals surface area contributed by atoms with E-state index in [1.165, 1.54) is 0 Å². The van der Waals surface area contributed by atoms with E-state index in [9.17, 15) is 4.79 Å². The highest BCUT2D eigenvalue weighted by Crippen LogP contribution is 2.39. The van der Waals surface area contributed by atoms with Crippen molar-refractivity contribution >= 4 is 17.5 Å². The minimum atomic E-state index is -0.863. The average molecular weight is 304 g/mol. The van der Waals surface area contributed by atoms with Crippen molar-refractivity contribution in [3.8, 4) is 0 Å². The monoisotopic (exact) mass is 303 g/mol. The first kappa shape index (κ1) is 15.5. The number of methoxy groups -OCH3 is 1. The lowest BCUT2D eigenvalue weighted by Crippen LogP contribution is -2.40. The summed E-state index contributed by atoms with van der Waals surface area (Å²) in [6.07, 6.45) is 0. The normalized spacial score (nSPS) is 15.2. The molecule has 0 bridgehead atoms. The highest BCUT2D eigenvalue weighted by Gasteiger charge is 2.41. The van der Waals surface area contributed by atoms with E-state index in [2.05, 4.69) is 0 Å². The van der Waals surface area contributed by atoms with Gasteiger partial charge in [0.25, 0.3) is 0 Å². The third-order valence-corrected chi connectivity index (χ3v) is 4.06. The minimum Gasteiger partial charge on any atom is -0.373 e. The van der Waals surface area contributed by atoms with E-state index in [-0.39, 0.29) is 0 Å². The third kappa shape index (κ3) is 3.09. The molecule has 0 aliphatic carbocycles. The van der Waals surface area contributed by atoms with Gasteiger partial charge >= 0.3 is 0 Å². The van der Waals surface area contributed by atoms with Crippen LogP contribution in [0.4, 0.5) is 0 Å². The van der Waals surface area contributed by atoms with Gasteiger partial charge in [0.05, 0.1) is 5.92 Å². The molecule has 0 saturated heterocycles. The van der Waals surface area contributed by atoms with Gasteiger partial charge in [-0.3, -0.25) is 4.79 Å². The fourth-order valence-electron chi connectivity index (χ4n) is 2.58. The molecule has 4 heteroatoms. The van der Waals surface area contributed by atoms with Crippen LogP contribution in [0.2, 0.25) is 5.02 Å². The second-order valence-electron chi connectivity index (χ2n) is 5.06. The Morgan fingerprint density at radius 3 is 2.19 bits per heavy atom. The Kier molecular flexibility index (Phi) is 4.66. The molecule has 2 N–H and O–H groups in total. The zero-order chi connectivity index (χ0) is 15.5. The van der Waals surface area contributed by atoms with Crippen molar-refractivity contribution in [1.82, 2.24) is 0 Å². The SMILES string of the molecule is COC(C)(c1ccc(Cl)cc1)C(C(N)=O)c1ccccc1. The summed E-state index contributed by atoms with van der Waals surface area (Å²) in [6.45, 7) is 1.86. The van der Waals surface area contributed by atoms with Crippen LogP contribution >= 0.6 is 11.6 Å². The maximum atomic E-state index is 12.1. The summed E-state index contributed by atoms with van der Waals surface area (Å²) in [6, 6.07) is 16.7. The van der Waals surface area contributed by atoms with Gasteiger partial charge < -0.3 is 10.5 Å². The largest absolute Gasteiger partial charge is 0.373 e. The zero-order valence-electron chi connectivity index (χ0n) is 12.0. The van der Waals surface area contributed by atoms with Crippen LogP contribution in [0.25, 0.3) is 0 Å². The lowest BCUT2D eigenvalue weighted by molar-refractivity contribution is -0.127. The van der Waals surface area contributed by atoms with E-state index >= 15 is 0 Å². The molecule has 0 saturated carbocycles. The first-order valence-corrected chi connectivity index (χ1v) is 7.02. The molecule has 2 unspecified atom stereocenters. The van der Waals surface area contributed by atoms with Crippen LogP contribution in [0.3, 0.4) is 0 Å². The van der Waals surface area contributed by atoms with E-state index < -0.39 is 17.4 Å². The Balaban J connectivity index is 2.54. The summed E-state index contributed by atoms with van der Waals surface area (Å²) in [7, 11) is 1.58. The van der Waals surface area contributed by atoms with Crippen molar-refractivity contribution in [2.45, 2.75) is 18.4 Å². The zero-order valence-corrected chi connectivity index (χ0v) is 12.8. The Hall–Kier alpha value is -1.84. The minimum absolute atomic E-state index is 0.430. The van der Waals surface area contributed by atoms with Crippen molar-refractivity contribution in [2.24, 2.45) is 5.73 Å². The molecule has 2 atom stereocenters. The van der Waals surface area contributed by atoms with Crippen LogP contribution in [0.5, 0.6) is 0 Å². The fraction of sp³-hybridized carbons (Fsp3) is 0.235. The quantitative estimate of drug-likeness (QED) is 0.919. The second kappa shape index (κ2) is 6.29. The van der Waals surface area contributed by atoms with Crippen LogP contribution in [-0.4, -0.2) is 13.0 Å². The van der Waals surface area contributed by atoms with Gasteiger partial charge in [-0.25, -0.2) is 0 Å². The summed E-state index contributed by atoms with van der Waals surface area (Å²) in [5.74, 6) is -1.02. The third-order valence-electron chi connectivity index (χ3n) is 3.81. The maximum Gasteiger partial charge on any atom is 0.228 e. The average Bonchev–Trinajstić information content (AvgIpc) is 2.48.